The van der Waals surface area contributed by atoms with Gasteiger partial charge in [0.25, 0.3) is 0 Å². The molecule has 1 saturated carbocycles. The molecule has 114 valence electrons. The summed E-state index contributed by atoms with van der Waals surface area (Å²) in [5, 5.41) is 1.24. The van der Waals surface area contributed by atoms with Crippen molar-refractivity contribution in [3.8, 4) is 0 Å². The Labute approximate surface area is 131 Å². The Morgan fingerprint density at radius 1 is 1.29 bits per heavy atom. The Balaban J connectivity index is 1.76. The lowest BCUT2D eigenvalue weighted by molar-refractivity contribution is 0.105. The van der Waals surface area contributed by atoms with Crippen molar-refractivity contribution in [1.82, 2.24) is 9.88 Å². The molecule has 1 aromatic heterocycles. The fraction of sp³-hybridized carbons (Fsp3) is 0.588. The van der Waals surface area contributed by atoms with Crippen LogP contribution in [0.5, 0.6) is 0 Å². The van der Waals surface area contributed by atoms with Crippen molar-refractivity contribution >= 4 is 21.6 Å². The molecule has 1 aromatic carbocycles. The molecule has 2 N–H and O–H groups in total. The molecule has 2 atom stereocenters. The molecule has 3 rings (SSSR count). The lowest BCUT2D eigenvalue weighted by atomic mass is 9.83. The number of fused-ring (bicyclic) bond motifs is 1. The highest BCUT2D eigenvalue weighted by atomic mass is 32.1. The first kappa shape index (κ1) is 14.9. The molecular formula is C17H25N3S. The second-order valence-electron chi connectivity index (χ2n) is 5.99. The molecular weight excluding hydrogens is 278 g/mol. The van der Waals surface area contributed by atoms with E-state index in [0.717, 1.165) is 25.2 Å². The van der Waals surface area contributed by atoms with Crippen LogP contribution in [0, 0.1) is 5.92 Å². The van der Waals surface area contributed by atoms with E-state index in [4.69, 9.17) is 10.7 Å². The molecule has 0 bridgehead atoms. The van der Waals surface area contributed by atoms with Crippen LogP contribution < -0.4 is 5.73 Å². The highest BCUT2D eigenvalue weighted by Gasteiger charge is 2.28. The van der Waals surface area contributed by atoms with Crippen LogP contribution in [-0.4, -0.2) is 29.0 Å². The van der Waals surface area contributed by atoms with Crippen LogP contribution in [0.1, 0.15) is 37.6 Å². The van der Waals surface area contributed by atoms with Gasteiger partial charge in [-0.1, -0.05) is 31.9 Å². The maximum atomic E-state index is 6.00. The molecule has 1 aliphatic carbocycles. The van der Waals surface area contributed by atoms with Gasteiger partial charge in [0.05, 0.1) is 16.8 Å². The number of rotatable bonds is 5. The average molecular weight is 303 g/mol. The van der Waals surface area contributed by atoms with Gasteiger partial charge in [-0.25, -0.2) is 4.98 Å². The fourth-order valence-electron chi connectivity index (χ4n) is 3.57. The van der Waals surface area contributed by atoms with E-state index in [-0.39, 0.29) is 0 Å². The summed E-state index contributed by atoms with van der Waals surface area (Å²) < 4.78 is 1.29. The Kier molecular flexibility index (Phi) is 4.88. The van der Waals surface area contributed by atoms with Crippen LogP contribution in [0.4, 0.5) is 0 Å². The van der Waals surface area contributed by atoms with Gasteiger partial charge in [0.2, 0.25) is 0 Å². The number of aromatic nitrogens is 1. The number of nitrogens with zero attached hydrogens (tertiary/aromatic N) is 2. The standard InChI is InChI=1S/C17H25N3S/c1-2-20(15-9-5-3-7-13(15)11-18)12-17-19-14-8-4-6-10-16(14)21-17/h4,6,8,10,13,15H,2-3,5,7,9,11-12,18H2,1H3. The summed E-state index contributed by atoms with van der Waals surface area (Å²) >= 11 is 1.83. The van der Waals surface area contributed by atoms with Gasteiger partial charge in [-0.3, -0.25) is 4.90 Å². The van der Waals surface area contributed by atoms with Gasteiger partial charge in [-0.05, 0) is 44.0 Å². The first-order valence-corrected chi connectivity index (χ1v) is 8.92. The van der Waals surface area contributed by atoms with Crippen molar-refractivity contribution in [3.05, 3.63) is 29.3 Å². The lowest BCUT2D eigenvalue weighted by Gasteiger charge is -2.38. The van der Waals surface area contributed by atoms with Gasteiger partial charge in [0.15, 0.2) is 0 Å². The van der Waals surface area contributed by atoms with E-state index in [1.165, 1.54) is 35.4 Å². The monoisotopic (exact) mass is 303 g/mol. The molecule has 3 nitrogen and oxygen atoms in total. The van der Waals surface area contributed by atoms with Gasteiger partial charge >= 0.3 is 0 Å². The third kappa shape index (κ3) is 3.28. The van der Waals surface area contributed by atoms with E-state index in [1.54, 1.807) is 0 Å². The zero-order valence-corrected chi connectivity index (χ0v) is 13.6. The number of benzene rings is 1. The normalized spacial score (nSPS) is 23.0. The van der Waals surface area contributed by atoms with E-state index in [0.29, 0.717) is 12.0 Å². The predicted molar refractivity (Wildman–Crippen MR) is 90.5 cm³/mol. The zero-order valence-electron chi connectivity index (χ0n) is 12.8. The first-order valence-electron chi connectivity index (χ1n) is 8.10. The highest BCUT2D eigenvalue weighted by Crippen LogP contribution is 2.30. The molecule has 1 aliphatic rings. The molecule has 0 radical (unpaired) electrons. The zero-order chi connectivity index (χ0) is 14.7. The largest absolute Gasteiger partial charge is 0.330 e. The van der Waals surface area contributed by atoms with Crippen LogP contribution in [0.25, 0.3) is 10.2 Å². The highest BCUT2D eigenvalue weighted by molar-refractivity contribution is 7.18. The van der Waals surface area contributed by atoms with Crippen molar-refractivity contribution < 1.29 is 0 Å². The van der Waals surface area contributed by atoms with Crippen molar-refractivity contribution in [3.63, 3.8) is 0 Å². The minimum absolute atomic E-state index is 0.640. The minimum atomic E-state index is 0.640. The average Bonchev–Trinajstić information content (AvgIpc) is 2.95. The van der Waals surface area contributed by atoms with E-state index in [1.807, 2.05) is 11.3 Å². The summed E-state index contributed by atoms with van der Waals surface area (Å²) in [4.78, 5) is 7.38. The predicted octanol–water partition coefficient (Wildman–Crippen LogP) is 3.64. The molecule has 4 heteroatoms. The lowest BCUT2D eigenvalue weighted by Crippen LogP contribution is -2.44. The molecule has 1 fully saturated rings. The second kappa shape index (κ2) is 6.86. The maximum absolute atomic E-state index is 6.00. The Morgan fingerprint density at radius 3 is 2.86 bits per heavy atom. The van der Waals surface area contributed by atoms with Gasteiger partial charge in [0.1, 0.15) is 5.01 Å². The smallest absolute Gasteiger partial charge is 0.108 e. The molecule has 0 spiro atoms. The number of hydrogen-bond acceptors (Lipinski definition) is 4. The van der Waals surface area contributed by atoms with Gasteiger partial charge in [-0.2, -0.15) is 0 Å². The van der Waals surface area contributed by atoms with Crippen molar-refractivity contribution in [2.45, 2.75) is 45.2 Å². The number of para-hydroxylation sites is 1. The quantitative estimate of drug-likeness (QED) is 0.917. The third-order valence-corrected chi connectivity index (χ3v) is 5.74. The van der Waals surface area contributed by atoms with Gasteiger partial charge < -0.3 is 5.73 Å². The summed E-state index contributed by atoms with van der Waals surface area (Å²) in [6.45, 7) is 5.13. The third-order valence-electron chi connectivity index (χ3n) is 4.72. The van der Waals surface area contributed by atoms with E-state index in [2.05, 4.69) is 36.1 Å². The number of hydrogen-bond donors (Lipinski definition) is 1. The first-order chi connectivity index (χ1) is 10.3. The van der Waals surface area contributed by atoms with Crippen LogP contribution in [0.3, 0.4) is 0 Å². The van der Waals surface area contributed by atoms with E-state index in [9.17, 15) is 0 Å². The van der Waals surface area contributed by atoms with Crippen LogP contribution in [0.15, 0.2) is 24.3 Å². The molecule has 2 unspecified atom stereocenters. The molecule has 0 saturated heterocycles. The summed E-state index contributed by atoms with van der Waals surface area (Å²) in [6, 6.07) is 9.06. The summed E-state index contributed by atoms with van der Waals surface area (Å²) in [5.74, 6) is 0.660. The Bertz CT molecular complexity index is 547. The molecule has 21 heavy (non-hydrogen) atoms. The molecule has 0 aliphatic heterocycles. The summed E-state index contributed by atoms with van der Waals surface area (Å²) in [6.07, 6.45) is 5.27. The van der Waals surface area contributed by atoms with Crippen molar-refractivity contribution in [2.75, 3.05) is 13.1 Å². The number of nitrogens with two attached hydrogens (primary N) is 1. The van der Waals surface area contributed by atoms with Crippen molar-refractivity contribution in [2.24, 2.45) is 11.7 Å². The van der Waals surface area contributed by atoms with E-state index < -0.39 is 0 Å². The Hall–Kier alpha value is -0.970. The van der Waals surface area contributed by atoms with Gasteiger partial charge in [0, 0.05) is 6.04 Å². The maximum Gasteiger partial charge on any atom is 0.108 e. The summed E-state index contributed by atoms with van der Waals surface area (Å²) in [5.41, 5.74) is 7.13. The molecule has 0 amide bonds. The second-order valence-corrected chi connectivity index (χ2v) is 7.10. The van der Waals surface area contributed by atoms with Gasteiger partial charge in [-0.15, -0.1) is 11.3 Å². The SMILES string of the molecule is CCN(Cc1nc2ccccc2s1)C1CCCCC1CN. The van der Waals surface area contributed by atoms with Crippen LogP contribution in [-0.2, 0) is 6.54 Å². The molecule has 1 heterocycles. The molecule has 2 aromatic rings. The van der Waals surface area contributed by atoms with E-state index >= 15 is 0 Å². The van der Waals surface area contributed by atoms with Crippen molar-refractivity contribution in [1.29, 1.82) is 0 Å². The summed E-state index contributed by atoms with van der Waals surface area (Å²) in [7, 11) is 0. The topological polar surface area (TPSA) is 42.2 Å². The minimum Gasteiger partial charge on any atom is -0.330 e. The Morgan fingerprint density at radius 2 is 2.10 bits per heavy atom. The van der Waals surface area contributed by atoms with Crippen LogP contribution >= 0.6 is 11.3 Å². The fourth-order valence-corrected chi connectivity index (χ4v) is 4.56. The van der Waals surface area contributed by atoms with Crippen LogP contribution in [0.2, 0.25) is 0 Å². The number of thiazole rings is 1.